The summed E-state index contributed by atoms with van der Waals surface area (Å²) in [5.41, 5.74) is 3.69. The monoisotopic (exact) mass is 381 g/mol. The average molecular weight is 381 g/mol. The van der Waals surface area contributed by atoms with Crippen molar-refractivity contribution in [3.63, 3.8) is 0 Å². The number of halogens is 2. The van der Waals surface area contributed by atoms with Crippen molar-refractivity contribution in [2.45, 2.75) is 6.17 Å². The quantitative estimate of drug-likeness (QED) is 0.717. The molecule has 0 amide bonds. The molecule has 2 aliphatic rings. The zero-order valence-corrected chi connectivity index (χ0v) is 14.7. The summed E-state index contributed by atoms with van der Waals surface area (Å²) in [5, 5.41) is 12.8. The summed E-state index contributed by atoms with van der Waals surface area (Å²) >= 11 is 1.49. The molecule has 0 saturated heterocycles. The van der Waals surface area contributed by atoms with Crippen LogP contribution in [0.1, 0.15) is 10.6 Å². The summed E-state index contributed by atoms with van der Waals surface area (Å²) in [4.78, 5) is 6.14. The number of thiazole rings is 1. The second-order valence-electron chi connectivity index (χ2n) is 6.12. The van der Waals surface area contributed by atoms with Crippen molar-refractivity contribution in [3.8, 4) is 11.3 Å². The van der Waals surface area contributed by atoms with Gasteiger partial charge in [-0.3, -0.25) is 5.10 Å². The summed E-state index contributed by atoms with van der Waals surface area (Å²) in [6.07, 6.45) is 7.92. The van der Waals surface area contributed by atoms with Gasteiger partial charge in [-0.15, -0.1) is 11.3 Å². The number of benzene rings is 1. The van der Waals surface area contributed by atoms with Crippen LogP contribution in [0.2, 0.25) is 0 Å². The minimum atomic E-state index is -0.575. The summed E-state index contributed by atoms with van der Waals surface area (Å²) in [7, 11) is 0. The van der Waals surface area contributed by atoms with E-state index >= 15 is 0 Å². The molecule has 8 heteroatoms. The Hall–Kier alpha value is -3.26. The third kappa shape index (κ3) is 2.65. The van der Waals surface area contributed by atoms with Crippen molar-refractivity contribution >= 4 is 22.6 Å². The van der Waals surface area contributed by atoms with Gasteiger partial charge in [-0.1, -0.05) is 0 Å². The van der Waals surface area contributed by atoms with Gasteiger partial charge in [0.25, 0.3) is 0 Å². The van der Waals surface area contributed by atoms with E-state index < -0.39 is 6.17 Å². The number of nitrogens with one attached hydrogen (secondary N) is 2. The molecule has 1 unspecified atom stereocenters. The zero-order valence-electron chi connectivity index (χ0n) is 13.9. The van der Waals surface area contributed by atoms with E-state index in [4.69, 9.17) is 0 Å². The molecule has 0 spiro atoms. The predicted molar refractivity (Wildman–Crippen MR) is 100 cm³/mol. The number of H-pyrrole nitrogens is 1. The molecule has 1 aromatic carbocycles. The van der Waals surface area contributed by atoms with E-state index in [9.17, 15) is 8.78 Å². The van der Waals surface area contributed by atoms with Crippen LogP contribution in [-0.4, -0.2) is 26.2 Å². The Labute approximate surface area is 157 Å². The van der Waals surface area contributed by atoms with E-state index in [0.29, 0.717) is 11.3 Å². The van der Waals surface area contributed by atoms with Gasteiger partial charge in [0.15, 0.2) is 6.17 Å². The largest absolute Gasteiger partial charge is 0.363 e. The smallest absolute Gasteiger partial charge is 0.156 e. The molecule has 0 saturated carbocycles. The lowest BCUT2D eigenvalue weighted by Gasteiger charge is -2.28. The molecule has 5 rings (SSSR count). The van der Waals surface area contributed by atoms with E-state index in [1.165, 1.54) is 29.5 Å². The maximum atomic E-state index is 14.8. The molecule has 1 atom stereocenters. The predicted octanol–water partition coefficient (Wildman–Crippen LogP) is 4.11. The van der Waals surface area contributed by atoms with Gasteiger partial charge >= 0.3 is 0 Å². The molecule has 5 nitrogen and oxygen atoms in total. The van der Waals surface area contributed by atoms with Crippen LogP contribution in [0.15, 0.2) is 66.3 Å². The first-order valence-electron chi connectivity index (χ1n) is 8.24. The van der Waals surface area contributed by atoms with E-state index in [-0.39, 0.29) is 11.6 Å². The Morgan fingerprint density at radius 1 is 1.15 bits per heavy atom. The number of nitrogens with zero attached hydrogens (tertiary/aromatic N) is 3. The van der Waals surface area contributed by atoms with Crippen molar-refractivity contribution in [2.75, 3.05) is 0 Å². The number of allylic oxidation sites excluding steroid dienone is 2. The van der Waals surface area contributed by atoms with Gasteiger partial charge in [0.2, 0.25) is 0 Å². The fourth-order valence-corrected chi connectivity index (χ4v) is 3.89. The SMILES string of the molecule is FC1=CC(c2cn[nH]c2-c2ccc(F)cc2)=CN2C(c3nccs3)=CNC12. The van der Waals surface area contributed by atoms with Crippen LogP contribution in [0.25, 0.3) is 22.5 Å². The molecule has 2 aliphatic heterocycles. The Morgan fingerprint density at radius 2 is 2.00 bits per heavy atom. The highest BCUT2D eigenvalue weighted by Crippen LogP contribution is 2.38. The van der Waals surface area contributed by atoms with Crippen LogP contribution >= 0.6 is 11.3 Å². The molecule has 4 heterocycles. The number of hydrogen-bond donors (Lipinski definition) is 2. The van der Waals surface area contributed by atoms with Gasteiger partial charge in [0, 0.05) is 40.7 Å². The van der Waals surface area contributed by atoms with E-state index in [1.807, 2.05) is 16.5 Å². The topological polar surface area (TPSA) is 56.8 Å². The molecule has 134 valence electrons. The third-order valence-electron chi connectivity index (χ3n) is 4.50. The molecule has 0 aliphatic carbocycles. The number of aromatic nitrogens is 3. The van der Waals surface area contributed by atoms with Crippen molar-refractivity contribution in [1.82, 2.24) is 25.4 Å². The maximum Gasteiger partial charge on any atom is 0.156 e. The van der Waals surface area contributed by atoms with Crippen molar-refractivity contribution < 1.29 is 8.78 Å². The lowest BCUT2D eigenvalue weighted by Crippen LogP contribution is -2.35. The van der Waals surface area contributed by atoms with Crippen molar-refractivity contribution in [3.05, 3.63) is 82.7 Å². The molecular formula is C19H13F2N5S. The number of aromatic amines is 1. The molecule has 0 radical (unpaired) electrons. The van der Waals surface area contributed by atoms with Gasteiger partial charge in [-0.2, -0.15) is 5.10 Å². The van der Waals surface area contributed by atoms with Crippen molar-refractivity contribution in [2.24, 2.45) is 0 Å². The zero-order chi connectivity index (χ0) is 18.4. The highest BCUT2D eigenvalue weighted by atomic mass is 32.1. The van der Waals surface area contributed by atoms with E-state index in [2.05, 4.69) is 20.5 Å². The molecule has 27 heavy (non-hydrogen) atoms. The lowest BCUT2D eigenvalue weighted by molar-refractivity contribution is 0.358. The van der Waals surface area contributed by atoms with Gasteiger partial charge < -0.3 is 10.2 Å². The lowest BCUT2D eigenvalue weighted by atomic mass is 10.00. The molecule has 0 bridgehead atoms. The normalized spacial score (nSPS) is 18.5. The summed E-state index contributed by atoms with van der Waals surface area (Å²) in [6.45, 7) is 0. The standard InChI is InChI=1S/C19H13F2N5S/c20-13-3-1-11(2-4-13)17-14(8-24-25-17)12-7-15(21)18-23-9-16(26(18)10-12)19-22-5-6-27-19/h1-10,18,23H,(H,24,25). The first-order chi connectivity index (χ1) is 13.2. The molecular weight excluding hydrogens is 368 g/mol. The third-order valence-corrected chi connectivity index (χ3v) is 5.30. The van der Waals surface area contributed by atoms with Crippen LogP contribution < -0.4 is 5.32 Å². The Balaban J connectivity index is 1.56. The minimum Gasteiger partial charge on any atom is -0.363 e. The Bertz CT molecular complexity index is 1080. The van der Waals surface area contributed by atoms with Crippen molar-refractivity contribution in [1.29, 1.82) is 0 Å². The minimum absolute atomic E-state index is 0.304. The van der Waals surface area contributed by atoms with Crippen LogP contribution in [0.4, 0.5) is 8.78 Å². The van der Waals surface area contributed by atoms with Crippen LogP contribution in [0.5, 0.6) is 0 Å². The Kier molecular flexibility index (Phi) is 3.64. The number of fused-ring (bicyclic) bond motifs is 1. The summed E-state index contributed by atoms with van der Waals surface area (Å²) in [6, 6.07) is 6.10. The molecule has 0 fully saturated rings. The van der Waals surface area contributed by atoms with Crippen LogP contribution in [0, 0.1) is 5.82 Å². The first-order valence-corrected chi connectivity index (χ1v) is 9.12. The van der Waals surface area contributed by atoms with Crippen LogP contribution in [-0.2, 0) is 0 Å². The fourth-order valence-electron chi connectivity index (χ4n) is 3.23. The second kappa shape index (κ2) is 6.17. The highest BCUT2D eigenvalue weighted by Gasteiger charge is 2.33. The molecule has 3 aromatic rings. The molecule has 2 aromatic heterocycles. The first kappa shape index (κ1) is 16.0. The summed E-state index contributed by atoms with van der Waals surface area (Å²) < 4.78 is 28.0. The second-order valence-corrected chi connectivity index (χ2v) is 7.02. The number of hydrogen-bond acceptors (Lipinski definition) is 5. The van der Waals surface area contributed by atoms with Gasteiger partial charge in [0.05, 0.1) is 17.6 Å². The van der Waals surface area contributed by atoms with Gasteiger partial charge in [-0.25, -0.2) is 13.8 Å². The fraction of sp³-hybridized carbons (Fsp3) is 0.0526. The average Bonchev–Trinajstić information content (AvgIpc) is 3.42. The molecule has 2 N–H and O–H groups in total. The highest BCUT2D eigenvalue weighted by molar-refractivity contribution is 7.10. The van der Waals surface area contributed by atoms with Crippen LogP contribution in [0.3, 0.4) is 0 Å². The number of rotatable bonds is 3. The van der Waals surface area contributed by atoms with E-state index in [1.54, 1.807) is 30.7 Å². The Morgan fingerprint density at radius 3 is 2.78 bits per heavy atom. The van der Waals surface area contributed by atoms with E-state index in [0.717, 1.165) is 21.8 Å². The van der Waals surface area contributed by atoms with Gasteiger partial charge in [-0.05, 0) is 30.3 Å². The maximum absolute atomic E-state index is 14.8. The van der Waals surface area contributed by atoms with Gasteiger partial charge in [0.1, 0.15) is 16.7 Å². The summed E-state index contributed by atoms with van der Waals surface area (Å²) in [5.74, 6) is -0.617.